The van der Waals surface area contributed by atoms with Gasteiger partial charge in [0.25, 0.3) is 5.91 Å². The number of ether oxygens (including phenoxy) is 1. The van der Waals surface area contributed by atoms with Crippen molar-refractivity contribution < 1.29 is 41.4 Å². The van der Waals surface area contributed by atoms with Gasteiger partial charge in [-0.1, -0.05) is 24.6 Å². The normalized spacial score (nSPS) is 30.2. The fourth-order valence-corrected chi connectivity index (χ4v) is 8.46. The molecule has 2 aromatic carbocycles. The number of carbonyl (C=O) groups excluding carboxylic acids is 2. The molecule has 0 aromatic heterocycles. The van der Waals surface area contributed by atoms with Crippen LogP contribution < -0.4 is 10.1 Å². The molecule has 10 heteroatoms. The molecule has 4 aliphatic carbocycles. The molecule has 0 aliphatic heterocycles. The summed E-state index contributed by atoms with van der Waals surface area (Å²) < 4.78 is 76.8. The smallest absolute Gasteiger partial charge is 0.456 e. The molecule has 234 valence electrons. The van der Waals surface area contributed by atoms with Crippen LogP contribution in [0.25, 0.3) is 0 Å². The van der Waals surface area contributed by atoms with Gasteiger partial charge in [0, 0.05) is 29.0 Å². The highest BCUT2D eigenvalue weighted by Crippen LogP contribution is 2.70. The molecule has 0 bridgehead atoms. The highest BCUT2D eigenvalue weighted by atomic mass is 19.4. The maximum Gasteiger partial charge on any atom is 0.456 e. The number of anilines is 1. The molecule has 2 saturated carbocycles. The predicted octanol–water partition coefficient (Wildman–Crippen LogP) is 7.78. The molecular formula is C34H34F5NO4. The highest BCUT2D eigenvalue weighted by molar-refractivity contribution is 6.04. The van der Waals surface area contributed by atoms with Gasteiger partial charge in [-0.15, -0.1) is 0 Å². The van der Waals surface area contributed by atoms with E-state index in [0.29, 0.717) is 48.2 Å². The Morgan fingerprint density at radius 2 is 1.66 bits per heavy atom. The zero-order chi connectivity index (χ0) is 31.7. The number of nitrogens with one attached hydrogen (secondary N) is 1. The molecule has 0 heterocycles. The molecule has 4 aliphatic rings. The van der Waals surface area contributed by atoms with Gasteiger partial charge in [-0.2, -0.15) is 22.0 Å². The zero-order valence-electron chi connectivity index (χ0n) is 24.4. The number of alkyl halides is 5. The summed E-state index contributed by atoms with van der Waals surface area (Å²) in [6.07, 6.45) is -3.15. The quantitative estimate of drug-likeness (QED) is 0.337. The SMILES string of the molecule is COc1ccc(NC(=O)c2ccc([C@H]3C[C@@]4(C)[C@@H](CC[C@@]4(O)C(F)(F)C(F)(F)F)[C@@H]4CCC5=CC(=O)CCC5=C43)cc2)cc1. The number of hydrogen-bond donors (Lipinski definition) is 2. The van der Waals surface area contributed by atoms with E-state index in [1.165, 1.54) is 14.0 Å². The van der Waals surface area contributed by atoms with Crippen LogP contribution in [-0.2, 0) is 4.79 Å². The van der Waals surface area contributed by atoms with Gasteiger partial charge >= 0.3 is 12.1 Å². The first-order chi connectivity index (χ1) is 20.7. The fraction of sp³-hybridized carbons (Fsp3) is 0.471. The number of halogens is 5. The van der Waals surface area contributed by atoms with E-state index in [1.54, 1.807) is 54.6 Å². The second-order valence-corrected chi connectivity index (χ2v) is 12.8. The lowest BCUT2D eigenvalue weighted by molar-refractivity contribution is -0.362. The first kappa shape index (κ1) is 30.5. The number of ketones is 1. The number of methoxy groups -OCH3 is 1. The fourth-order valence-electron chi connectivity index (χ4n) is 8.46. The third-order valence-corrected chi connectivity index (χ3v) is 10.7. The summed E-state index contributed by atoms with van der Waals surface area (Å²) in [5, 5.41) is 14.2. The van der Waals surface area contributed by atoms with Gasteiger partial charge in [0.1, 0.15) is 11.4 Å². The molecule has 0 radical (unpaired) electrons. The van der Waals surface area contributed by atoms with E-state index in [4.69, 9.17) is 4.74 Å². The van der Waals surface area contributed by atoms with E-state index >= 15 is 8.78 Å². The molecule has 6 rings (SSSR count). The number of benzene rings is 2. The Kier molecular flexibility index (Phi) is 7.30. The Morgan fingerprint density at radius 1 is 0.977 bits per heavy atom. The average Bonchev–Trinajstić information content (AvgIpc) is 3.27. The van der Waals surface area contributed by atoms with E-state index in [2.05, 4.69) is 5.32 Å². The average molecular weight is 616 g/mol. The number of carbonyl (C=O) groups is 2. The first-order valence-corrected chi connectivity index (χ1v) is 14.9. The number of aliphatic hydroxyl groups is 1. The van der Waals surface area contributed by atoms with E-state index in [9.17, 15) is 27.9 Å². The van der Waals surface area contributed by atoms with E-state index < -0.39 is 41.4 Å². The second kappa shape index (κ2) is 10.5. The Balaban J connectivity index is 1.39. The first-order valence-electron chi connectivity index (χ1n) is 14.9. The van der Waals surface area contributed by atoms with Crippen LogP contribution in [-0.4, -0.2) is 41.6 Å². The van der Waals surface area contributed by atoms with Gasteiger partial charge in [0.05, 0.1) is 7.11 Å². The lowest BCUT2D eigenvalue weighted by Crippen LogP contribution is -2.65. The molecule has 5 nitrogen and oxygen atoms in total. The number of allylic oxidation sites excluding steroid dienone is 4. The molecule has 2 fully saturated rings. The van der Waals surface area contributed by atoms with Crippen LogP contribution in [0.15, 0.2) is 71.3 Å². The van der Waals surface area contributed by atoms with Crippen LogP contribution in [0.4, 0.5) is 27.6 Å². The summed E-state index contributed by atoms with van der Waals surface area (Å²) in [5.74, 6) is -6.47. The third kappa shape index (κ3) is 4.59. The van der Waals surface area contributed by atoms with Crippen molar-refractivity contribution >= 4 is 17.4 Å². The summed E-state index contributed by atoms with van der Waals surface area (Å²) in [7, 11) is 1.54. The maximum absolute atomic E-state index is 15.2. The summed E-state index contributed by atoms with van der Waals surface area (Å²) in [5.41, 5.74) is -0.561. The summed E-state index contributed by atoms with van der Waals surface area (Å²) in [6.45, 7) is 1.39. The third-order valence-electron chi connectivity index (χ3n) is 10.7. The molecule has 5 atom stereocenters. The maximum atomic E-state index is 15.2. The molecule has 44 heavy (non-hydrogen) atoms. The summed E-state index contributed by atoms with van der Waals surface area (Å²) in [4.78, 5) is 25.2. The van der Waals surface area contributed by atoms with Crippen molar-refractivity contribution in [1.82, 2.24) is 0 Å². The molecule has 0 spiro atoms. The molecule has 0 saturated heterocycles. The van der Waals surface area contributed by atoms with E-state index in [-0.39, 0.29) is 30.4 Å². The molecule has 2 aromatic rings. The van der Waals surface area contributed by atoms with Crippen LogP contribution in [0.2, 0.25) is 0 Å². The lowest BCUT2D eigenvalue weighted by atomic mass is 9.50. The van der Waals surface area contributed by atoms with Gasteiger partial charge < -0.3 is 15.2 Å². The minimum absolute atomic E-state index is 0.0206. The van der Waals surface area contributed by atoms with Crippen LogP contribution in [0.5, 0.6) is 5.75 Å². The molecule has 0 unspecified atom stereocenters. The van der Waals surface area contributed by atoms with Crippen molar-refractivity contribution in [2.45, 2.75) is 75.5 Å². The van der Waals surface area contributed by atoms with E-state index in [0.717, 1.165) is 16.7 Å². The largest absolute Gasteiger partial charge is 0.497 e. The number of hydrogen-bond acceptors (Lipinski definition) is 4. The summed E-state index contributed by atoms with van der Waals surface area (Å²) in [6, 6.07) is 13.4. The van der Waals surface area contributed by atoms with Gasteiger partial charge in [-0.05, 0) is 110 Å². The Hall–Kier alpha value is -3.53. The van der Waals surface area contributed by atoms with Gasteiger partial charge in [0.2, 0.25) is 0 Å². The predicted molar refractivity (Wildman–Crippen MR) is 154 cm³/mol. The number of amides is 1. The van der Waals surface area contributed by atoms with Gasteiger partial charge in [-0.3, -0.25) is 9.59 Å². The number of rotatable bonds is 5. The van der Waals surface area contributed by atoms with Gasteiger partial charge in [0.15, 0.2) is 5.78 Å². The monoisotopic (exact) mass is 615 g/mol. The minimum Gasteiger partial charge on any atom is -0.497 e. The topological polar surface area (TPSA) is 75.6 Å². The minimum atomic E-state index is -5.90. The van der Waals surface area contributed by atoms with E-state index in [1.807, 2.05) is 0 Å². The standard InChI is InChI=1S/C34H34F5NO4/c1-31-18-27(19-3-5-20(6-4-19)30(42)40-22-8-11-24(44-2)12-9-22)29-25-14-10-23(41)17-21(25)7-13-26(29)28(31)15-16-32(31,43)33(35,36)34(37,38)39/h3-6,8-9,11-12,17,26-28,43H,7,10,13-16,18H2,1-2H3,(H,40,42)/t26-,27+,28-,31-,32-/m0/s1. The van der Waals surface area contributed by atoms with Crippen molar-refractivity contribution in [3.05, 3.63) is 82.5 Å². The van der Waals surface area contributed by atoms with Crippen LogP contribution in [0, 0.1) is 17.3 Å². The Morgan fingerprint density at radius 3 is 2.30 bits per heavy atom. The van der Waals surface area contributed by atoms with Crippen molar-refractivity contribution in [2.24, 2.45) is 17.3 Å². The van der Waals surface area contributed by atoms with Gasteiger partial charge in [-0.25, -0.2) is 0 Å². The lowest BCUT2D eigenvalue weighted by Gasteiger charge is -2.56. The molecular weight excluding hydrogens is 581 g/mol. The van der Waals surface area contributed by atoms with Crippen LogP contribution >= 0.6 is 0 Å². The molecule has 1 amide bonds. The summed E-state index contributed by atoms with van der Waals surface area (Å²) >= 11 is 0. The van der Waals surface area contributed by atoms with Crippen molar-refractivity contribution in [3.8, 4) is 5.75 Å². The second-order valence-electron chi connectivity index (χ2n) is 12.8. The van der Waals surface area contributed by atoms with Crippen molar-refractivity contribution in [1.29, 1.82) is 0 Å². The number of fused-ring (bicyclic) bond motifs is 4. The highest BCUT2D eigenvalue weighted by Gasteiger charge is 2.79. The molecule has 2 N–H and O–H groups in total. The van der Waals surface area contributed by atoms with Crippen LogP contribution in [0.3, 0.4) is 0 Å². The zero-order valence-corrected chi connectivity index (χ0v) is 24.4. The van der Waals surface area contributed by atoms with Crippen molar-refractivity contribution in [2.75, 3.05) is 12.4 Å². The van der Waals surface area contributed by atoms with Crippen LogP contribution in [0.1, 0.15) is 73.7 Å². The Bertz CT molecular complexity index is 1540. The Labute approximate surface area is 252 Å². The van der Waals surface area contributed by atoms with Crippen molar-refractivity contribution in [3.63, 3.8) is 0 Å².